The summed E-state index contributed by atoms with van der Waals surface area (Å²) in [6, 6.07) is 6.02. The van der Waals surface area contributed by atoms with Crippen LogP contribution in [0.15, 0.2) is 30.6 Å². The number of hydrogen-bond acceptors (Lipinski definition) is 2. The molecule has 2 rings (SSSR count). The third-order valence-corrected chi connectivity index (χ3v) is 2.72. The van der Waals surface area contributed by atoms with Gasteiger partial charge >= 0.3 is 0 Å². The van der Waals surface area contributed by atoms with Crippen LogP contribution >= 0.6 is 11.6 Å². The largest absolute Gasteiger partial charge is 0.311 e. The Labute approximate surface area is 100 Å². The quantitative estimate of drug-likeness (QED) is 0.618. The van der Waals surface area contributed by atoms with Gasteiger partial charge in [-0.3, -0.25) is 0 Å². The molecule has 3 nitrogen and oxygen atoms in total. The molecule has 4 heteroatoms. The first-order valence-electron chi connectivity index (χ1n) is 5.59. The van der Waals surface area contributed by atoms with Crippen molar-refractivity contribution in [3.05, 3.63) is 36.3 Å². The molecular weight excluding hydrogens is 222 g/mol. The van der Waals surface area contributed by atoms with Gasteiger partial charge in [-0.05, 0) is 31.5 Å². The second-order valence-electron chi connectivity index (χ2n) is 3.77. The predicted octanol–water partition coefficient (Wildman–Crippen LogP) is 2.44. The van der Waals surface area contributed by atoms with Gasteiger partial charge in [0.15, 0.2) is 0 Å². The zero-order chi connectivity index (χ0) is 11.2. The fourth-order valence-electron chi connectivity index (χ4n) is 1.63. The first-order valence-corrected chi connectivity index (χ1v) is 6.13. The first-order chi connectivity index (χ1) is 7.90. The monoisotopic (exact) mass is 237 g/mol. The van der Waals surface area contributed by atoms with Crippen LogP contribution in [0.4, 0.5) is 0 Å². The number of hydrogen-bond donors (Lipinski definition) is 1. The molecule has 2 heterocycles. The van der Waals surface area contributed by atoms with Crippen LogP contribution in [0, 0.1) is 0 Å². The van der Waals surface area contributed by atoms with E-state index in [0.717, 1.165) is 43.2 Å². The second kappa shape index (κ2) is 5.87. The molecule has 0 saturated carbocycles. The van der Waals surface area contributed by atoms with Crippen molar-refractivity contribution in [3.8, 4) is 0 Å². The lowest BCUT2D eigenvalue weighted by molar-refractivity contribution is 0.636. The summed E-state index contributed by atoms with van der Waals surface area (Å²) in [5, 5.41) is 3.36. The highest BCUT2D eigenvalue weighted by atomic mass is 35.5. The molecule has 0 unspecified atom stereocenters. The van der Waals surface area contributed by atoms with E-state index in [-0.39, 0.29) is 0 Å². The Morgan fingerprint density at radius 1 is 1.31 bits per heavy atom. The van der Waals surface area contributed by atoms with E-state index in [2.05, 4.69) is 16.5 Å². The fraction of sp³-hybridized carbons (Fsp3) is 0.417. The Morgan fingerprint density at radius 3 is 3.06 bits per heavy atom. The number of alkyl halides is 1. The van der Waals surface area contributed by atoms with Crippen molar-refractivity contribution >= 4 is 17.2 Å². The number of nitrogens with one attached hydrogen (secondary N) is 1. The lowest BCUT2D eigenvalue weighted by Gasteiger charge is -2.00. The standard InChI is InChI=1S/C12H16ClN3/c13-6-2-3-7-14-9-11-10-16-8-4-1-5-12(16)15-11/h1,4-5,8,10,14H,2-3,6-7,9H2. The van der Waals surface area contributed by atoms with Gasteiger partial charge in [0.2, 0.25) is 0 Å². The number of imidazole rings is 1. The van der Waals surface area contributed by atoms with Crippen molar-refractivity contribution in [1.29, 1.82) is 0 Å². The smallest absolute Gasteiger partial charge is 0.137 e. The van der Waals surface area contributed by atoms with Crippen LogP contribution in [-0.4, -0.2) is 21.8 Å². The Kier molecular flexibility index (Phi) is 4.19. The van der Waals surface area contributed by atoms with Crippen LogP contribution in [0.1, 0.15) is 18.5 Å². The number of nitrogens with zero attached hydrogens (tertiary/aromatic N) is 2. The number of halogens is 1. The Bertz CT molecular complexity index is 406. The van der Waals surface area contributed by atoms with Crippen LogP contribution < -0.4 is 5.32 Å². The molecule has 0 aromatic carbocycles. The molecule has 0 spiro atoms. The molecule has 0 fully saturated rings. The molecule has 0 bridgehead atoms. The number of rotatable bonds is 6. The first kappa shape index (κ1) is 11.4. The molecule has 1 N–H and O–H groups in total. The van der Waals surface area contributed by atoms with Gasteiger partial charge in [0.25, 0.3) is 0 Å². The van der Waals surface area contributed by atoms with E-state index in [1.807, 2.05) is 28.8 Å². The van der Waals surface area contributed by atoms with E-state index >= 15 is 0 Å². The highest BCUT2D eigenvalue weighted by Crippen LogP contribution is 2.03. The normalized spacial score (nSPS) is 11.1. The summed E-state index contributed by atoms with van der Waals surface area (Å²) in [7, 11) is 0. The molecule has 0 atom stereocenters. The summed E-state index contributed by atoms with van der Waals surface area (Å²) < 4.78 is 2.04. The average molecular weight is 238 g/mol. The van der Waals surface area contributed by atoms with Crippen molar-refractivity contribution in [2.45, 2.75) is 19.4 Å². The summed E-state index contributed by atoms with van der Waals surface area (Å²) in [5.74, 6) is 0.746. The minimum absolute atomic E-state index is 0.746. The van der Waals surface area contributed by atoms with Gasteiger partial charge in [-0.25, -0.2) is 4.98 Å². The van der Waals surface area contributed by atoms with Crippen LogP contribution in [0.2, 0.25) is 0 Å². The maximum absolute atomic E-state index is 5.61. The molecule has 0 saturated heterocycles. The summed E-state index contributed by atoms with van der Waals surface area (Å²) >= 11 is 5.61. The van der Waals surface area contributed by atoms with E-state index in [4.69, 9.17) is 11.6 Å². The lowest BCUT2D eigenvalue weighted by atomic mass is 10.3. The fourth-order valence-corrected chi connectivity index (χ4v) is 1.82. The summed E-state index contributed by atoms with van der Waals surface area (Å²) in [5.41, 5.74) is 2.08. The second-order valence-corrected chi connectivity index (χ2v) is 4.15. The Hall–Kier alpha value is -1.06. The summed E-state index contributed by atoms with van der Waals surface area (Å²) in [6.07, 6.45) is 6.26. The van der Waals surface area contributed by atoms with E-state index in [1.54, 1.807) is 0 Å². The van der Waals surface area contributed by atoms with Crippen molar-refractivity contribution in [2.75, 3.05) is 12.4 Å². The van der Waals surface area contributed by atoms with Crippen molar-refractivity contribution in [3.63, 3.8) is 0 Å². The maximum atomic E-state index is 5.61. The molecule has 2 aromatic heterocycles. The van der Waals surface area contributed by atoms with Gasteiger partial charge in [0.05, 0.1) is 5.69 Å². The van der Waals surface area contributed by atoms with Crippen molar-refractivity contribution < 1.29 is 0 Å². The molecule has 0 aliphatic heterocycles. The predicted molar refractivity (Wildman–Crippen MR) is 66.9 cm³/mol. The molecule has 0 amide bonds. The highest BCUT2D eigenvalue weighted by Gasteiger charge is 1.99. The minimum Gasteiger partial charge on any atom is -0.311 e. The number of fused-ring (bicyclic) bond motifs is 1. The molecule has 86 valence electrons. The van der Waals surface area contributed by atoms with Crippen molar-refractivity contribution in [1.82, 2.24) is 14.7 Å². The zero-order valence-corrected chi connectivity index (χ0v) is 9.95. The molecule has 16 heavy (non-hydrogen) atoms. The minimum atomic E-state index is 0.746. The lowest BCUT2D eigenvalue weighted by Crippen LogP contribution is -2.14. The van der Waals surface area contributed by atoms with E-state index in [9.17, 15) is 0 Å². The van der Waals surface area contributed by atoms with Crippen LogP contribution in [0.25, 0.3) is 5.65 Å². The third-order valence-electron chi connectivity index (χ3n) is 2.46. The van der Waals surface area contributed by atoms with Crippen LogP contribution in [0.5, 0.6) is 0 Å². The number of aromatic nitrogens is 2. The Balaban J connectivity index is 1.85. The van der Waals surface area contributed by atoms with E-state index in [1.165, 1.54) is 0 Å². The third kappa shape index (κ3) is 2.97. The Morgan fingerprint density at radius 2 is 2.25 bits per heavy atom. The van der Waals surface area contributed by atoms with Gasteiger partial charge < -0.3 is 9.72 Å². The highest BCUT2D eigenvalue weighted by molar-refractivity contribution is 6.17. The number of unbranched alkanes of at least 4 members (excludes halogenated alkanes) is 1. The van der Waals surface area contributed by atoms with Gasteiger partial charge in [0, 0.05) is 24.8 Å². The van der Waals surface area contributed by atoms with Crippen molar-refractivity contribution in [2.24, 2.45) is 0 Å². The number of pyridine rings is 1. The topological polar surface area (TPSA) is 29.3 Å². The summed E-state index contributed by atoms with van der Waals surface area (Å²) in [4.78, 5) is 4.50. The van der Waals surface area contributed by atoms with E-state index in [0.29, 0.717) is 0 Å². The van der Waals surface area contributed by atoms with Gasteiger partial charge in [-0.15, -0.1) is 11.6 Å². The summed E-state index contributed by atoms with van der Waals surface area (Å²) in [6.45, 7) is 1.82. The molecule has 2 aromatic rings. The molecule has 0 aliphatic rings. The van der Waals surface area contributed by atoms with Crippen LogP contribution in [0.3, 0.4) is 0 Å². The molecule has 0 radical (unpaired) electrons. The zero-order valence-electron chi connectivity index (χ0n) is 9.19. The SMILES string of the molecule is ClCCCCNCc1cn2ccccc2n1. The maximum Gasteiger partial charge on any atom is 0.137 e. The average Bonchev–Trinajstić information content (AvgIpc) is 2.71. The van der Waals surface area contributed by atoms with Gasteiger partial charge in [0.1, 0.15) is 5.65 Å². The van der Waals surface area contributed by atoms with Crippen LogP contribution in [-0.2, 0) is 6.54 Å². The molecule has 0 aliphatic carbocycles. The van der Waals surface area contributed by atoms with E-state index < -0.39 is 0 Å². The van der Waals surface area contributed by atoms with Gasteiger partial charge in [-0.1, -0.05) is 6.07 Å². The molecular formula is C12H16ClN3. The van der Waals surface area contributed by atoms with Gasteiger partial charge in [-0.2, -0.15) is 0 Å².